The molecule has 1 aromatic rings. The molecule has 2 rings (SSSR count). The van der Waals surface area contributed by atoms with Crippen molar-refractivity contribution in [3.8, 4) is 0 Å². The third-order valence-corrected chi connectivity index (χ3v) is 3.02. The number of benzene rings is 1. The molecular formula is C15H21NO2. The molecule has 2 unspecified atom stereocenters. The fourth-order valence-corrected chi connectivity index (χ4v) is 2.33. The molecule has 1 N–H and O–H groups in total. The van der Waals surface area contributed by atoms with Gasteiger partial charge in [-0.1, -0.05) is 18.2 Å². The molecule has 0 amide bonds. The van der Waals surface area contributed by atoms with Gasteiger partial charge >= 0.3 is 5.97 Å². The van der Waals surface area contributed by atoms with Gasteiger partial charge in [-0.15, -0.1) is 0 Å². The third-order valence-electron chi connectivity index (χ3n) is 3.02. The largest absolute Gasteiger partial charge is 0.459 e. The maximum atomic E-state index is 12.3. The average Bonchev–Trinajstić information content (AvgIpc) is 2.25. The number of carbonyl (C=O) groups is 1. The number of ether oxygens (including phenoxy) is 1. The first-order chi connectivity index (χ1) is 8.37. The zero-order chi connectivity index (χ0) is 13.3. The fourth-order valence-electron chi connectivity index (χ4n) is 2.33. The number of para-hydroxylation sites is 1. The van der Waals surface area contributed by atoms with E-state index in [1.807, 2.05) is 45.0 Å². The van der Waals surface area contributed by atoms with Crippen LogP contribution >= 0.6 is 0 Å². The van der Waals surface area contributed by atoms with Crippen molar-refractivity contribution < 1.29 is 9.53 Å². The van der Waals surface area contributed by atoms with Gasteiger partial charge in [0, 0.05) is 11.7 Å². The fraction of sp³-hybridized carbons (Fsp3) is 0.533. The van der Waals surface area contributed by atoms with Crippen molar-refractivity contribution in [3.05, 3.63) is 29.8 Å². The summed E-state index contributed by atoms with van der Waals surface area (Å²) in [6.45, 7) is 7.80. The predicted octanol–water partition coefficient (Wildman–Crippen LogP) is 3.32. The molecule has 1 aliphatic rings. The number of anilines is 1. The van der Waals surface area contributed by atoms with Crippen LogP contribution in [0.5, 0.6) is 0 Å². The second-order valence-corrected chi connectivity index (χ2v) is 5.95. The van der Waals surface area contributed by atoms with Gasteiger partial charge in [0.25, 0.3) is 0 Å². The number of hydrogen-bond donors (Lipinski definition) is 1. The highest BCUT2D eigenvalue weighted by Crippen LogP contribution is 2.35. The molecule has 98 valence electrons. The Labute approximate surface area is 109 Å². The Bertz CT molecular complexity index is 448. The molecule has 0 aliphatic carbocycles. The van der Waals surface area contributed by atoms with Crippen LogP contribution < -0.4 is 5.32 Å². The first-order valence-electron chi connectivity index (χ1n) is 6.45. The van der Waals surface area contributed by atoms with E-state index in [-0.39, 0.29) is 17.9 Å². The number of fused-ring (bicyclic) bond motifs is 1. The van der Waals surface area contributed by atoms with Crippen LogP contribution in [0.15, 0.2) is 24.3 Å². The Morgan fingerprint density at radius 2 is 2.00 bits per heavy atom. The molecule has 0 saturated carbocycles. The summed E-state index contributed by atoms with van der Waals surface area (Å²) in [5, 5.41) is 3.40. The number of rotatable bonds is 1. The number of esters is 1. The van der Waals surface area contributed by atoms with Gasteiger partial charge in [-0.25, -0.2) is 0 Å². The van der Waals surface area contributed by atoms with Gasteiger partial charge in [-0.2, -0.15) is 0 Å². The number of nitrogens with one attached hydrogen (secondary N) is 1. The maximum absolute atomic E-state index is 12.3. The lowest BCUT2D eigenvalue weighted by Crippen LogP contribution is -2.33. The van der Waals surface area contributed by atoms with E-state index in [0.717, 1.165) is 17.7 Å². The van der Waals surface area contributed by atoms with Crippen LogP contribution in [0.2, 0.25) is 0 Å². The summed E-state index contributed by atoms with van der Waals surface area (Å²) in [7, 11) is 0. The summed E-state index contributed by atoms with van der Waals surface area (Å²) in [4.78, 5) is 12.3. The molecule has 2 atom stereocenters. The van der Waals surface area contributed by atoms with E-state index < -0.39 is 5.60 Å². The van der Waals surface area contributed by atoms with Crippen molar-refractivity contribution in [2.45, 2.75) is 51.7 Å². The molecule has 0 saturated heterocycles. The normalized spacial score (nSPS) is 22.9. The molecule has 0 bridgehead atoms. The van der Waals surface area contributed by atoms with Crippen molar-refractivity contribution in [1.29, 1.82) is 0 Å². The van der Waals surface area contributed by atoms with Gasteiger partial charge in [-0.3, -0.25) is 4.79 Å². The van der Waals surface area contributed by atoms with Crippen LogP contribution in [0.3, 0.4) is 0 Å². The molecule has 1 aliphatic heterocycles. The molecule has 1 aromatic carbocycles. The molecule has 3 heteroatoms. The Balaban J connectivity index is 2.26. The Kier molecular flexibility index (Phi) is 3.33. The smallest absolute Gasteiger partial charge is 0.314 e. The summed E-state index contributed by atoms with van der Waals surface area (Å²) < 4.78 is 5.52. The molecule has 0 radical (unpaired) electrons. The summed E-state index contributed by atoms with van der Waals surface area (Å²) >= 11 is 0. The predicted molar refractivity (Wildman–Crippen MR) is 72.7 cm³/mol. The first-order valence-corrected chi connectivity index (χ1v) is 6.45. The molecule has 1 heterocycles. The van der Waals surface area contributed by atoms with E-state index in [0.29, 0.717) is 0 Å². The highest BCUT2D eigenvalue weighted by atomic mass is 16.6. The van der Waals surface area contributed by atoms with Crippen LogP contribution in [-0.4, -0.2) is 17.6 Å². The highest BCUT2D eigenvalue weighted by Gasteiger charge is 2.32. The van der Waals surface area contributed by atoms with E-state index in [9.17, 15) is 4.79 Å². The van der Waals surface area contributed by atoms with Crippen LogP contribution in [0.4, 0.5) is 5.69 Å². The van der Waals surface area contributed by atoms with Gasteiger partial charge in [0.1, 0.15) is 5.60 Å². The van der Waals surface area contributed by atoms with Crippen molar-refractivity contribution in [3.63, 3.8) is 0 Å². The van der Waals surface area contributed by atoms with Crippen molar-refractivity contribution >= 4 is 11.7 Å². The molecule has 0 fully saturated rings. The minimum atomic E-state index is -0.430. The lowest BCUT2D eigenvalue weighted by atomic mass is 9.87. The quantitative estimate of drug-likeness (QED) is 0.774. The van der Waals surface area contributed by atoms with Crippen LogP contribution in [0.1, 0.15) is 45.6 Å². The van der Waals surface area contributed by atoms with Gasteiger partial charge in [0.15, 0.2) is 0 Å². The molecule has 3 nitrogen and oxygen atoms in total. The highest BCUT2D eigenvalue weighted by molar-refractivity contribution is 5.82. The number of hydrogen-bond acceptors (Lipinski definition) is 3. The Hall–Kier alpha value is -1.51. The van der Waals surface area contributed by atoms with Crippen LogP contribution in [-0.2, 0) is 9.53 Å². The minimum Gasteiger partial charge on any atom is -0.459 e. The van der Waals surface area contributed by atoms with E-state index in [1.165, 1.54) is 0 Å². The van der Waals surface area contributed by atoms with E-state index >= 15 is 0 Å². The monoisotopic (exact) mass is 247 g/mol. The van der Waals surface area contributed by atoms with Crippen molar-refractivity contribution in [2.24, 2.45) is 0 Å². The van der Waals surface area contributed by atoms with E-state index in [4.69, 9.17) is 4.74 Å². The van der Waals surface area contributed by atoms with Crippen LogP contribution in [0.25, 0.3) is 0 Å². The molecular weight excluding hydrogens is 226 g/mol. The lowest BCUT2D eigenvalue weighted by molar-refractivity contribution is -0.157. The molecule has 0 spiro atoms. The van der Waals surface area contributed by atoms with Gasteiger partial charge in [0.05, 0.1) is 5.92 Å². The second-order valence-electron chi connectivity index (χ2n) is 5.95. The van der Waals surface area contributed by atoms with Gasteiger partial charge < -0.3 is 10.1 Å². The topological polar surface area (TPSA) is 38.3 Å². The van der Waals surface area contributed by atoms with Gasteiger partial charge in [0.2, 0.25) is 0 Å². The number of carbonyl (C=O) groups excluding carboxylic acids is 1. The van der Waals surface area contributed by atoms with Gasteiger partial charge in [-0.05, 0) is 45.7 Å². The van der Waals surface area contributed by atoms with Crippen molar-refractivity contribution in [1.82, 2.24) is 0 Å². The maximum Gasteiger partial charge on any atom is 0.314 e. The second kappa shape index (κ2) is 4.63. The van der Waals surface area contributed by atoms with E-state index in [2.05, 4.69) is 12.2 Å². The third kappa shape index (κ3) is 2.84. The lowest BCUT2D eigenvalue weighted by Gasteiger charge is -2.32. The summed E-state index contributed by atoms with van der Waals surface area (Å²) in [5.74, 6) is -0.278. The minimum absolute atomic E-state index is 0.122. The summed E-state index contributed by atoms with van der Waals surface area (Å²) in [6, 6.07) is 8.26. The average molecular weight is 247 g/mol. The Morgan fingerprint density at radius 1 is 1.33 bits per heavy atom. The SMILES string of the molecule is CC1CC(C(=O)OC(C)(C)C)c2ccccc2N1. The van der Waals surface area contributed by atoms with Crippen molar-refractivity contribution in [2.75, 3.05) is 5.32 Å². The molecule has 18 heavy (non-hydrogen) atoms. The first kappa shape index (κ1) is 12.9. The molecule has 0 aromatic heterocycles. The zero-order valence-corrected chi connectivity index (χ0v) is 11.5. The van der Waals surface area contributed by atoms with E-state index in [1.54, 1.807) is 0 Å². The summed E-state index contributed by atoms with van der Waals surface area (Å²) in [5.41, 5.74) is 1.66. The Morgan fingerprint density at radius 3 is 2.67 bits per heavy atom. The van der Waals surface area contributed by atoms with Crippen LogP contribution in [0, 0.1) is 0 Å². The zero-order valence-electron chi connectivity index (χ0n) is 11.5. The standard InChI is InChI=1S/C15H21NO2/c1-10-9-12(14(17)18-15(2,3)4)11-7-5-6-8-13(11)16-10/h5-8,10,12,16H,9H2,1-4H3. The summed E-state index contributed by atoms with van der Waals surface area (Å²) in [6.07, 6.45) is 0.784.